The van der Waals surface area contributed by atoms with Crippen molar-refractivity contribution in [2.75, 3.05) is 13.1 Å². The number of ketones is 1. The van der Waals surface area contributed by atoms with Gasteiger partial charge in [0.25, 0.3) is 0 Å². The maximum Gasteiger partial charge on any atom is 0.325 e. The van der Waals surface area contributed by atoms with Crippen LogP contribution in [0, 0.1) is 0 Å². The minimum absolute atomic E-state index is 0.0305. The van der Waals surface area contributed by atoms with Crippen LogP contribution in [0.4, 0.5) is 0 Å². The Morgan fingerprint density at radius 3 is 2.63 bits per heavy atom. The Hall–Kier alpha value is -2.96. The number of Topliss-reactive ketones (excluding diaryl/α,β-unsaturated/α-hetero) is 1. The van der Waals surface area contributed by atoms with Gasteiger partial charge in [0.05, 0.1) is 0 Å². The number of benzene rings is 1. The lowest BCUT2D eigenvalue weighted by Crippen LogP contribution is -2.39. The average molecular weight is 369 g/mol. The van der Waals surface area contributed by atoms with Gasteiger partial charge in [0.1, 0.15) is 6.54 Å². The number of likely N-dealkylation sites (tertiary alicyclic amines) is 1. The number of rotatable bonds is 7. The van der Waals surface area contributed by atoms with E-state index in [4.69, 9.17) is 5.11 Å². The summed E-state index contributed by atoms with van der Waals surface area (Å²) < 4.78 is 1.49. The van der Waals surface area contributed by atoms with Crippen LogP contribution in [0.25, 0.3) is 0 Å². The van der Waals surface area contributed by atoms with Crippen molar-refractivity contribution in [1.82, 2.24) is 14.7 Å². The highest BCUT2D eigenvalue weighted by Gasteiger charge is 2.27. The van der Waals surface area contributed by atoms with Crippen LogP contribution in [0.1, 0.15) is 47.7 Å². The Kier molecular flexibility index (Phi) is 6.01. The number of piperidine rings is 1. The molecule has 1 unspecified atom stereocenters. The summed E-state index contributed by atoms with van der Waals surface area (Å²) in [5, 5.41) is 13.1. The Labute approximate surface area is 157 Å². The van der Waals surface area contributed by atoms with E-state index >= 15 is 0 Å². The first-order valence-corrected chi connectivity index (χ1v) is 9.14. The van der Waals surface area contributed by atoms with Crippen LogP contribution in [0.2, 0.25) is 0 Å². The number of hydrogen-bond acceptors (Lipinski definition) is 4. The smallest absolute Gasteiger partial charge is 0.325 e. The molecule has 1 aromatic carbocycles. The van der Waals surface area contributed by atoms with Crippen molar-refractivity contribution in [2.24, 2.45) is 0 Å². The topological polar surface area (TPSA) is 92.5 Å². The van der Waals surface area contributed by atoms with Crippen LogP contribution in [0.3, 0.4) is 0 Å². The molecule has 0 spiro atoms. The number of carbonyl (C=O) groups excluding carboxylic acids is 2. The molecule has 1 amide bonds. The molecule has 1 aromatic heterocycles. The van der Waals surface area contributed by atoms with Gasteiger partial charge in [-0.1, -0.05) is 30.3 Å². The molecule has 1 saturated heterocycles. The van der Waals surface area contributed by atoms with E-state index in [9.17, 15) is 14.4 Å². The molecule has 142 valence electrons. The fraction of sp³-hybridized carbons (Fsp3) is 0.400. The zero-order chi connectivity index (χ0) is 19.2. The van der Waals surface area contributed by atoms with Gasteiger partial charge in [-0.15, -0.1) is 0 Å². The summed E-state index contributed by atoms with van der Waals surface area (Å²) in [6, 6.07) is 10.8. The second kappa shape index (κ2) is 8.62. The predicted octanol–water partition coefficient (Wildman–Crippen LogP) is 2.34. The third-order valence-electron chi connectivity index (χ3n) is 4.89. The molecule has 2 aromatic rings. The van der Waals surface area contributed by atoms with Crippen molar-refractivity contribution < 1.29 is 19.5 Å². The summed E-state index contributed by atoms with van der Waals surface area (Å²) in [5.41, 5.74) is 1.47. The SMILES string of the molecule is O=C(O)Cn1nccc1C1CCCN(C(=O)CCC(=O)c2ccccc2)C1. The minimum Gasteiger partial charge on any atom is -0.480 e. The van der Waals surface area contributed by atoms with Gasteiger partial charge < -0.3 is 10.0 Å². The fourth-order valence-electron chi connectivity index (χ4n) is 3.54. The van der Waals surface area contributed by atoms with E-state index in [1.165, 1.54) is 4.68 Å². The van der Waals surface area contributed by atoms with Gasteiger partial charge in [0.15, 0.2) is 5.78 Å². The van der Waals surface area contributed by atoms with Crippen molar-refractivity contribution in [2.45, 2.75) is 38.1 Å². The molecule has 0 saturated carbocycles. The Bertz CT molecular complexity index is 816. The number of aromatic nitrogens is 2. The number of nitrogens with zero attached hydrogens (tertiary/aromatic N) is 3. The Balaban J connectivity index is 1.58. The molecule has 0 bridgehead atoms. The van der Waals surface area contributed by atoms with Crippen molar-refractivity contribution in [3.05, 3.63) is 53.9 Å². The van der Waals surface area contributed by atoms with Gasteiger partial charge in [0.2, 0.25) is 5.91 Å². The lowest BCUT2D eigenvalue weighted by molar-refractivity contribution is -0.138. The maximum atomic E-state index is 12.6. The van der Waals surface area contributed by atoms with E-state index in [1.54, 1.807) is 23.2 Å². The highest BCUT2D eigenvalue weighted by molar-refractivity contribution is 5.97. The van der Waals surface area contributed by atoms with Gasteiger partial charge in [-0.2, -0.15) is 5.10 Å². The average Bonchev–Trinajstić information content (AvgIpc) is 3.14. The van der Waals surface area contributed by atoms with Crippen LogP contribution in [0.15, 0.2) is 42.6 Å². The fourth-order valence-corrected chi connectivity index (χ4v) is 3.54. The molecule has 1 N–H and O–H groups in total. The minimum atomic E-state index is -0.942. The summed E-state index contributed by atoms with van der Waals surface area (Å²) in [6.45, 7) is 1.02. The zero-order valence-electron chi connectivity index (χ0n) is 15.1. The molecule has 1 aliphatic heterocycles. The molecule has 27 heavy (non-hydrogen) atoms. The van der Waals surface area contributed by atoms with E-state index < -0.39 is 5.97 Å². The van der Waals surface area contributed by atoms with Crippen molar-refractivity contribution in [3.8, 4) is 0 Å². The number of carboxylic acids is 1. The van der Waals surface area contributed by atoms with Crippen molar-refractivity contribution in [3.63, 3.8) is 0 Å². The standard InChI is InChI=1S/C20H23N3O4/c24-18(15-5-2-1-3-6-15)8-9-19(25)22-12-4-7-16(13-22)17-10-11-21-23(17)14-20(26)27/h1-3,5-6,10-11,16H,4,7-9,12-14H2,(H,26,27). The number of hydrogen-bond donors (Lipinski definition) is 1. The number of carbonyl (C=O) groups is 3. The normalized spacial score (nSPS) is 16.9. The molecule has 1 fully saturated rings. The van der Waals surface area contributed by atoms with Crippen LogP contribution in [0.5, 0.6) is 0 Å². The zero-order valence-corrected chi connectivity index (χ0v) is 15.1. The first kappa shape index (κ1) is 18.8. The van der Waals surface area contributed by atoms with E-state index in [1.807, 2.05) is 24.3 Å². The lowest BCUT2D eigenvalue weighted by atomic mass is 9.94. The quantitative estimate of drug-likeness (QED) is 0.756. The second-order valence-corrected chi connectivity index (χ2v) is 6.78. The highest BCUT2D eigenvalue weighted by Crippen LogP contribution is 2.27. The van der Waals surface area contributed by atoms with Gasteiger partial charge in [-0.3, -0.25) is 19.1 Å². The monoisotopic (exact) mass is 369 g/mol. The van der Waals surface area contributed by atoms with Gasteiger partial charge in [-0.25, -0.2) is 0 Å². The highest BCUT2D eigenvalue weighted by atomic mass is 16.4. The molecule has 7 heteroatoms. The first-order chi connectivity index (χ1) is 13.0. The van der Waals surface area contributed by atoms with Crippen LogP contribution in [-0.4, -0.2) is 50.5 Å². The number of aliphatic carboxylic acids is 1. The molecule has 0 radical (unpaired) electrons. The molecular weight excluding hydrogens is 346 g/mol. The Morgan fingerprint density at radius 1 is 1.11 bits per heavy atom. The van der Waals surface area contributed by atoms with Crippen LogP contribution < -0.4 is 0 Å². The van der Waals surface area contributed by atoms with Crippen molar-refractivity contribution >= 4 is 17.7 Å². The van der Waals surface area contributed by atoms with Crippen LogP contribution in [-0.2, 0) is 16.1 Å². The molecule has 1 aliphatic rings. The van der Waals surface area contributed by atoms with Crippen molar-refractivity contribution in [1.29, 1.82) is 0 Å². The lowest BCUT2D eigenvalue weighted by Gasteiger charge is -2.33. The first-order valence-electron chi connectivity index (χ1n) is 9.14. The summed E-state index contributed by atoms with van der Waals surface area (Å²) in [7, 11) is 0. The predicted molar refractivity (Wildman–Crippen MR) is 98.4 cm³/mol. The number of amides is 1. The number of carboxylic acid groups (broad SMARTS) is 1. The molecule has 1 atom stereocenters. The van der Waals surface area contributed by atoms with Gasteiger partial charge in [0, 0.05) is 49.3 Å². The summed E-state index contributed by atoms with van der Waals surface area (Å²) in [6.07, 6.45) is 3.71. The molecule has 2 heterocycles. The maximum absolute atomic E-state index is 12.6. The summed E-state index contributed by atoms with van der Waals surface area (Å²) >= 11 is 0. The Morgan fingerprint density at radius 2 is 1.89 bits per heavy atom. The van der Waals surface area contributed by atoms with E-state index in [0.717, 1.165) is 18.5 Å². The molecular formula is C20H23N3O4. The van der Waals surface area contributed by atoms with Crippen LogP contribution >= 0.6 is 0 Å². The second-order valence-electron chi connectivity index (χ2n) is 6.78. The van der Waals surface area contributed by atoms with Gasteiger partial charge >= 0.3 is 5.97 Å². The molecule has 0 aliphatic carbocycles. The molecule has 3 rings (SSSR count). The van der Waals surface area contributed by atoms with E-state index in [2.05, 4.69) is 5.10 Å². The summed E-state index contributed by atoms with van der Waals surface area (Å²) in [5.74, 6) is -0.942. The van der Waals surface area contributed by atoms with E-state index in [-0.39, 0.29) is 37.0 Å². The largest absolute Gasteiger partial charge is 0.480 e. The third kappa shape index (κ3) is 4.81. The molecule has 7 nitrogen and oxygen atoms in total. The third-order valence-corrected chi connectivity index (χ3v) is 4.89. The van der Waals surface area contributed by atoms with E-state index in [0.29, 0.717) is 18.7 Å². The van der Waals surface area contributed by atoms with Gasteiger partial charge in [-0.05, 0) is 18.9 Å². The summed E-state index contributed by atoms with van der Waals surface area (Å²) in [4.78, 5) is 37.5.